The molecule has 2 fully saturated rings. The van der Waals surface area contributed by atoms with Gasteiger partial charge in [-0.15, -0.1) is 0 Å². The highest BCUT2D eigenvalue weighted by Crippen LogP contribution is 2.27. The van der Waals surface area contributed by atoms with Gasteiger partial charge in [0.05, 0.1) is 6.10 Å². The molecule has 3 unspecified atom stereocenters. The summed E-state index contributed by atoms with van der Waals surface area (Å²) in [6, 6.07) is 1.50. The Morgan fingerprint density at radius 2 is 2.11 bits per heavy atom. The number of ether oxygens (including phenoxy) is 1. The maximum Gasteiger partial charge on any atom is 0.0586 e. The summed E-state index contributed by atoms with van der Waals surface area (Å²) < 4.78 is 5.56. The maximum atomic E-state index is 5.56. The molecule has 0 bridgehead atoms. The Morgan fingerprint density at radius 1 is 1.22 bits per heavy atom. The van der Waals surface area contributed by atoms with E-state index in [0.29, 0.717) is 6.10 Å². The molecule has 0 aromatic heterocycles. The van der Waals surface area contributed by atoms with E-state index < -0.39 is 0 Å². The number of nitrogens with zero attached hydrogens (tertiary/aromatic N) is 1. The average Bonchev–Trinajstić information content (AvgIpc) is 2.45. The average molecular weight is 254 g/mol. The molecule has 1 heterocycles. The summed E-state index contributed by atoms with van der Waals surface area (Å²) in [5.41, 5.74) is 0. The number of methoxy groups -OCH3 is 1. The molecule has 1 aliphatic carbocycles. The lowest BCUT2D eigenvalue weighted by molar-refractivity contribution is 0.0184. The van der Waals surface area contributed by atoms with Crippen molar-refractivity contribution >= 4 is 0 Å². The van der Waals surface area contributed by atoms with Gasteiger partial charge in [-0.25, -0.2) is 0 Å². The number of hydrogen-bond acceptors (Lipinski definition) is 3. The van der Waals surface area contributed by atoms with Crippen LogP contribution in [-0.4, -0.2) is 49.8 Å². The lowest BCUT2D eigenvalue weighted by Crippen LogP contribution is -2.51. The van der Waals surface area contributed by atoms with E-state index in [1.54, 1.807) is 0 Å². The highest BCUT2D eigenvalue weighted by molar-refractivity contribution is 4.86. The Labute approximate surface area is 112 Å². The van der Waals surface area contributed by atoms with Gasteiger partial charge in [-0.1, -0.05) is 6.92 Å². The highest BCUT2D eigenvalue weighted by Gasteiger charge is 2.29. The second-order valence-electron chi connectivity index (χ2n) is 5.97. The first kappa shape index (κ1) is 14.3. The molecule has 0 aromatic rings. The van der Waals surface area contributed by atoms with Gasteiger partial charge in [0.1, 0.15) is 0 Å². The van der Waals surface area contributed by atoms with Crippen molar-refractivity contribution in [3.63, 3.8) is 0 Å². The van der Waals surface area contributed by atoms with Crippen LogP contribution < -0.4 is 5.32 Å². The highest BCUT2D eigenvalue weighted by atomic mass is 16.5. The number of piperidine rings is 1. The van der Waals surface area contributed by atoms with Crippen molar-refractivity contribution < 1.29 is 4.74 Å². The Balaban J connectivity index is 1.80. The normalized spacial score (nSPS) is 34.7. The SMILES string of the molecule is CCCNC1CCCN(C2CCCC(OC)C2)C1. The zero-order valence-corrected chi connectivity index (χ0v) is 12.2. The molecule has 18 heavy (non-hydrogen) atoms. The van der Waals surface area contributed by atoms with Crippen molar-refractivity contribution in [1.29, 1.82) is 0 Å². The Bertz CT molecular complexity index is 235. The standard InChI is InChI=1S/C15H30N2O/c1-3-9-16-13-6-5-10-17(12-13)14-7-4-8-15(11-14)18-2/h13-16H,3-12H2,1-2H3. The largest absolute Gasteiger partial charge is 0.381 e. The van der Waals surface area contributed by atoms with Gasteiger partial charge in [0.2, 0.25) is 0 Å². The Morgan fingerprint density at radius 3 is 2.89 bits per heavy atom. The number of nitrogens with one attached hydrogen (secondary N) is 1. The molecule has 106 valence electrons. The molecule has 1 N–H and O–H groups in total. The van der Waals surface area contributed by atoms with Crippen LogP contribution in [0.3, 0.4) is 0 Å². The monoisotopic (exact) mass is 254 g/mol. The van der Waals surface area contributed by atoms with Gasteiger partial charge < -0.3 is 10.1 Å². The zero-order valence-electron chi connectivity index (χ0n) is 12.2. The molecule has 1 saturated heterocycles. The molecule has 1 saturated carbocycles. The van der Waals surface area contributed by atoms with Crippen molar-refractivity contribution in [2.45, 2.75) is 70.1 Å². The molecular weight excluding hydrogens is 224 g/mol. The summed E-state index contributed by atoms with van der Waals surface area (Å²) in [6.45, 7) is 5.97. The second-order valence-corrected chi connectivity index (χ2v) is 5.97. The van der Waals surface area contributed by atoms with E-state index in [4.69, 9.17) is 4.74 Å². The summed E-state index contributed by atoms with van der Waals surface area (Å²) in [6.07, 6.45) is 9.69. The summed E-state index contributed by atoms with van der Waals surface area (Å²) in [7, 11) is 1.87. The first-order valence-electron chi connectivity index (χ1n) is 7.83. The molecule has 0 spiro atoms. The molecule has 3 atom stereocenters. The molecule has 3 heteroatoms. The quantitative estimate of drug-likeness (QED) is 0.815. The third-order valence-corrected chi connectivity index (χ3v) is 4.58. The molecule has 0 aromatic carbocycles. The fourth-order valence-electron chi connectivity index (χ4n) is 3.52. The van der Waals surface area contributed by atoms with Crippen molar-refractivity contribution in [2.75, 3.05) is 26.7 Å². The Kier molecular flexibility index (Phi) is 5.93. The van der Waals surface area contributed by atoms with Crippen LogP contribution in [0.5, 0.6) is 0 Å². The molecule has 0 radical (unpaired) electrons. The van der Waals surface area contributed by atoms with Crippen LogP contribution in [0.25, 0.3) is 0 Å². The molecular formula is C15H30N2O. The van der Waals surface area contributed by atoms with Gasteiger partial charge >= 0.3 is 0 Å². The van der Waals surface area contributed by atoms with E-state index in [0.717, 1.165) is 12.1 Å². The molecule has 2 aliphatic rings. The predicted octanol–water partition coefficient (Wildman–Crippen LogP) is 2.41. The lowest BCUT2D eigenvalue weighted by Gasteiger charge is -2.41. The number of rotatable bonds is 5. The maximum absolute atomic E-state index is 5.56. The smallest absolute Gasteiger partial charge is 0.0586 e. The van der Waals surface area contributed by atoms with Crippen LogP contribution in [-0.2, 0) is 4.74 Å². The van der Waals surface area contributed by atoms with Crippen LogP contribution in [0.1, 0.15) is 51.9 Å². The van der Waals surface area contributed by atoms with E-state index in [1.165, 1.54) is 64.6 Å². The van der Waals surface area contributed by atoms with Crippen LogP contribution in [0, 0.1) is 0 Å². The number of likely N-dealkylation sites (tertiary alicyclic amines) is 1. The minimum absolute atomic E-state index is 0.507. The number of hydrogen-bond donors (Lipinski definition) is 1. The zero-order chi connectivity index (χ0) is 12.8. The van der Waals surface area contributed by atoms with Gasteiger partial charge in [-0.05, 0) is 58.0 Å². The molecule has 2 rings (SSSR count). The summed E-state index contributed by atoms with van der Waals surface area (Å²) in [5.74, 6) is 0. The van der Waals surface area contributed by atoms with Crippen LogP contribution in [0.2, 0.25) is 0 Å². The summed E-state index contributed by atoms with van der Waals surface area (Å²) in [5, 5.41) is 3.69. The van der Waals surface area contributed by atoms with Gasteiger partial charge in [0, 0.05) is 25.7 Å². The van der Waals surface area contributed by atoms with Gasteiger partial charge in [-0.2, -0.15) is 0 Å². The third kappa shape index (κ3) is 3.94. The summed E-state index contributed by atoms with van der Waals surface area (Å²) >= 11 is 0. The van der Waals surface area contributed by atoms with Crippen molar-refractivity contribution in [1.82, 2.24) is 10.2 Å². The topological polar surface area (TPSA) is 24.5 Å². The van der Waals surface area contributed by atoms with Crippen LogP contribution >= 0.6 is 0 Å². The first-order chi connectivity index (χ1) is 8.83. The van der Waals surface area contributed by atoms with Crippen LogP contribution in [0.15, 0.2) is 0 Å². The summed E-state index contributed by atoms with van der Waals surface area (Å²) in [4.78, 5) is 2.72. The fourth-order valence-corrected chi connectivity index (χ4v) is 3.52. The van der Waals surface area contributed by atoms with Crippen molar-refractivity contribution in [2.24, 2.45) is 0 Å². The van der Waals surface area contributed by atoms with Crippen molar-refractivity contribution in [3.8, 4) is 0 Å². The van der Waals surface area contributed by atoms with Gasteiger partial charge in [0.15, 0.2) is 0 Å². The van der Waals surface area contributed by atoms with Gasteiger partial charge in [-0.3, -0.25) is 4.90 Å². The van der Waals surface area contributed by atoms with E-state index in [2.05, 4.69) is 17.1 Å². The fraction of sp³-hybridized carbons (Fsp3) is 1.00. The minimum atomic E-state index is 0.507. The Hall–Kier alpha value is -0.120. The van der Waals surface area contributed by atoms with Gasteiger partial charge in [0.25, 0.3) is 0 Å². The lowest BCUT2D eigenvalue weighted by atomic mass is 9.90. The minimum Gasteiger partial charge on any atom is -0.381 e. The molecule has 3 nitrogen and oxygen atoms in total. The van der Waals surface area contributed by atoms with Crippen LogP contribution in [0.4, 0.5) is 0 Å². The third-order valence-electron chi connectivity index (χ3n) is 4.58. The first-order valence-corrected chi connectivity index (χ1v) is 7.83. The van der Waals surface area contributed by atoms with E-state index in [-0.39, 0.29) is 0 Å². The second kappa shape index (κ2) is 7.46. The van der Waals surface area contributed by atoms with Crippen molar-refractivity contribution in [3.05, 3.63) is 0 Å². The van der Waals surface area contributed by atoms with E-state index in [1.807, 2.05) is 7.11 Å². The molecule has 1 aliphatic heterocycles. The molecule has 0 amide bonds. The van der Waals surface area contributed by atoms with E-state index >= 15 is 0 Å². The van der Waals surface area contributed by atoms with E-state index in [9.17, 15) is 0 Å². The predicted molar refractivity (Wildman–Crippen MR) is 75.9 cm³/mol.